The van der Waals surface area contributed by atoms with Crippen molar-refractivity contribution in [1.82, 2.24) is 26.8 Å². The van der Waals surface area contributed by atoms with Crippen LogP contribution in [0.2, 0.25) is 0 Å². The summed E-state index contributed by atoms with van der Waals surface area (Å²) < 4.78 is 5.11. The van der Waals surface area contributed by atoms with Gasteiger partial charge in [0.05, 0.1) is 19.7 Å². The third kappa shape index (κ3) is 4.40. The fourth-order valence-corrected chi connectivity index (χ4v) is 2.24. The lowest BCUT2D eigenvalue weighted by Crippen LogP contribution is -2.45. The van der Waals surface area contributed by atoms with Crippen molar-refractivity contribution in [2.24, 2.45) is 5.92 Å². The molecule has 1 atom stereocenters. The van der Waals surface area contributed by atoms with E-state index in [1.807, 2.05) is 31.3 Å². The molecule has 0 radical (unpaired) electrons. The predicted octanol–water partition coefficient (Wildman–Crippen LogP) is -0.225. The Morgan fingerprint density at radius 1 is 1.29 bits per heavy atom. The van der Waals surface area contributed by atoms with Gasteiger partial charge in [0.25, 0.3) is 0 Å². The second-order valence-electron chi connectivity index (χ2n) is 5.29. The Hall–Kier alpha value is -1.67. The van der Waals surface area contributed by atoms with Gasteiger partial charge in [-0.2, -0.15) is 11.1 Å². The Balaban J connectivity index is 1.83. The summed E-state index contributed by atoms with van der Waals surface area (Å²) in [5.74, 6) is 1.16. The Morgan fingerprint density at radius 3 is 2.48 bits per heavy atom. The van der Waals surface area contributed by atoms with Crippen LogP contribution in [0.3, 0.4) is 0 Å². The number of nitrogens with one attached hydrogen (secondary N) is 4. The molecule has 4 N–H and O–H groups in total. The van der Waals surface area contributed by atoms with E-state index in [4.69, 9.17) is 4.74 Å². The number of likely N-dealkylation sites (N-methyl/N-ethyl adjacent to an activating group) is 1. The zero-order valence-corrected chi connectivity index (χ0v) is 12.6. The van der Waals surface area contributed by atoms with Gasteiger partial charge in [-0.25, -0.2) is 10.9 Å². The molecule has 2 rings (SSSR count). The molecular weight excluding hydrogens is 270 g/mol. The number of nitrogens with zero attached hydrogens (tertiary/aromatic N) is 1. The minimum Gasteiger partial charge on any atom is -0.497 e. The Bertz CT molecular complexity index is 459. The summed E-state index contributed by atoms with van der Waals surface area (Å²) in [6.07, 6.45) is 0.483. The summed E-state index contributed by atoms with van der Waals surface area (Å²) in [7, 11) is 3.46. The normalized spacial score (nSPS) is 16.7. The molecule has 1 aromatic carbocycles. The number of carbonyl (C=O) groups excluding carboxylic acids is 1. The van der Waals surface area contributed by atoms with Crippen molar-refractivity contribution in [3.8, 4) is 5.75 Å². The van der Waals surface area contributed by atoms with Crippen molar-refractivity contribution in [1.29, 1.82) is 0 Å². The number of hydrogen-bond donors (Lipinski definition) is 4. The standard InChI is InChI=1S/C14H23N5O2/c1-10(14-15-17-18-16-14)9-19(2)13(20)8-11-4-6-12(21-3)7-5-11/h4-7,10,14-18H,8-9H2,1-3H3. The van der Waals surface area contributed by atoms with E-state index in [1.54, 1.807) is 12.0 Å². The highest BCUT2D eigenvalue weighted by Gasteiger charge is 2.22. The van der Waals surface area contributed by atoms with Crippen molar-refractivity contribution in [2.75, 3.05) is 20.7 Å². The lowest BCUT2D eigenvalue weighted by Gasteiger charge is -2.25. The highest BCUT2D eigenvalue weighted by Crippen LogP contribution is 2.12. The number of ether oxygens (including phenoxy) is 1. The van der Waals surface area contributed by atoms with Crippen molar-refractivity contribution in [3.63, 3.8) is 0 Å². The number of amides is 1. The average Bonchev–Trinajstić information content (AvgIpc) is 3.02. The molecule has 0 saturated carbocycles. The SMILES string of the molecule is COc1ccc(CC(=O)N(C)CC(C)C2NNNN2)cc1. The summed E-state index contributed by atoms with van der Waals surface area (Å²) in [5, 5.41) is 0. The summed E-state index contributed by atoms with van der Waals surface area (Å²) in [6.45, 7) is 2.75. The van der Waals surface area contributed by atoms with Crippen LogP contribution >= 0.6 is 0 Å². The van der Waals surface area contributed by atoms with Gasteiger partial charge in [-0.1, -0.05) is 19.1 Å². The maximum Gasteiger partial charge on any atom is 0.226 e. The van der Waals surface area contributed by atoms with Gasteiger partial charge in [0, 0.05) is 19.5 Å². The largest absolute Gasteiger partial charge is 0.497 e. The quantitative estimate of drug-likeness (QED) is 0.581. The monoisotopic (exact) mass is 293 g/mol. The summed E-state index contributed by atoms with van der Waals surface area (Å²) in [6, 6.07) is 7.58. The Labute approximate surface area is 124 Å². The number of benzene rings is 1. The fraction of sp³-hybridized carbons (Fsp3) is 0.500. The van der Waals surface area contributed by atoms with E-state index in [2.05, 4.69) is 28.8 Å². The van der Waals surface area contributed by atoms with Gasteiger partial charge >= 0.3 is 0 Å². The van der Waals surface area contributed by atoms with Crippen LogP contribution in [-0.4, -0.2) is 37.7 Å². The molecule has 0 spiro atoms. The van der Waals surface area contributed by atoms with Gasteiger partial charge < -0.3 is 9.64 Å². The first kappa shape index (κ1) is 15.7. The van der Waals surface area contributed by atoms with E-state index in [1.165, 1.54) is 0 Å². The first-order valence-corrected chi connectivity index (χ1v) is 6.98. The highest BCUT2D eigenvalue weighted by molar-refractivity contribution is 5.78. The molecule has 1 saturated heterocycles. The number of hydrazine groups is 3. The molecule has 0 aliphatic carbocycles. The van der Waals surface area contributed by atoms with Crippen LogP contribution in [0, 0.1) is 5.92 Å². The smallest absolute Gasteiger partial charge is 0.226 e. The molecule has 0 aromatic heterocycles. The van der Waals surface area contributed by atoms with Crippen LogP contribution in [0.15, 0.2) is 24.3 Å². The van der Waals surface area contributed by atoms with Gasteiger partial charge in [-0.3, -0.25) is 4.79 Å². The lowest BCUT2D eigenvalue weighted by molar-refractivity contribution is -0.129. The van der Waals surface area contributed by atoms with Gasteiger partial charge in [0.2, 0.25) is 5.91 Å². The molecule has 0 bridgehead atoms. The van der Waals surface area contributed by atoms with Crippen molar-refractivity contribution < 1.29 is 9.53 Å². The second kappa shape index (κ2) is 7.37. The van der Waals surface area contributed by atoms with Gasteiger partial charge in [-0.15, -0.1) is 0 Å². The summed E-state index contributed by atoms with van der Waals surface area (Å²) in [4.78, 5) is 14.0. The van der Waals surface area contributed by atoms with Crippen LogP contribution in [0.1, 0.15) is 12.5 Å². The lowest BCUT2D eigenvalue weighted by atomic mass is 10.1. The van der Waals surface area contributed by atoms with Gasteiger partial charge in [-0.05, 0) is 17.7 Å². The van der Waals surface area contributed by atoms with Crippen molar-refractivity contribution >= 4 is 5.91 Å². The second-order valence-corrected chi connectivity index (χ2v) is 5.29. The zero-order valence-electron chi connectivity index (χ0n) is 12.6. The molecule has 1 fully saturated rings. The summed E-state index contributed by atoms with van der Waals surface area (Å²) in [5.41, 5.74) is 12.6. The van der Waals surface area contributed by atoms with E-state index in [0.29, 0.717) is 13.0 Å². The molecule has 1 aromatic rings. The third-order valence-corrected chi connectivity index (χ3v) is 3.59. The number of carbonyl (C=O) groups is 1. The number of hydrogen-bond acceptors (Lipinski definition) is 6. The van der Waals surface area contributed by atoms with Crippen molar-refractivity contribution in [2.45, 2.75) is 19.5 Å². The minimum atomic E-state index is 0.0845. The molecule has 7 nitrogen and oxygen atoms in total. The maximum absolute atomic E-state index is 12.2. The van der Waals surface area contributed by atoms with Gasteiger partial charge in [0.1, 0.15) is 5.75 Å². The van der Waals surface area contributed by atoms with Crippen molar-refractivity contribution in [3.05, 3.63) is 29.8 Å². The third-order valence-electron chi connectivity index (χ3n) is 3.59. The fourth-order valence-electron chi connectivity index (χ4n) is 2.24. The molecule has 1 unspecified atom stereocenters. The first-order chi connectivity index (χ1) is 10.1. The molecule has 1 heterocycles. The molecular formula is C14H23N5O2. The predicted molar refractivity (Wildman–Crippen MR) is 79.8 cm³/mol. The average molecular weight is 293 g/mol. The molecule has 7 heteroatoms. The zero-order chi connectivity index (χ0) is 15.2. The van der Waals surface area contributed by atoms with E-state index < -0.39 is 0 Å². The number of rotatable bonds is 6. The van der Waals surface area contributed by atoms with E-state index in [9.17, 15) is 4.79 Å². The molecule has 1 aliphatic heterocycles. The molecule has 1 amide bonds. The highest BCUT2D eigenvalue weighted by atomic mass is 16.5. The first-order valence-electron chi connectivity index (χ1n) is 6.98. The minimum absolute atomic E-state index is 0.0845. The van der Waals surface area contributed by atoms with E-state index in [0.717, 1.165) is 11.3 Å². The molecule has 116 valence electrons. The Kier molecular flexibility index (Phi) is 5.51. The van der Waals surface area contributed by atoms with E-state index in [-0.39, 0.29) is 18.0 Å². The van der Waals surface area contributed by atoms with Gasteiger partial charge in [0.15, 0.2) is 0 Å². The van der Waals surface area contributed by atoms with Crippen LogP contribution < -0.4 is 26.7 Å². The molecule has 21 heavy (non-hydrogen) atoms. The Morgan fingerprint density at radius 2 is 1.90 bits per heavy atom. The topological polar surface area (TPSA) is 77.7 Å². The van der Waals surface area contributed by atoms with Crippen LogP contribution in [0.25, 0.3) is 0 Å². The molecule has 1 aliphatic rings. The maximum atomic E-state index is 12.2. The van der Waals surface area contributed by atoms with Crippen LogP contribution in [0.5, 0.6) is 5.75 Å². The summed E-state index contributed by atoms with van der Waals surface area (Å²) >= 11 is 0. The van der Waals surface area contributed by atoms with Crippen LogP contribution in [-0.2, 0) is 11.2 Å². The van der Waals surface area contributed by atoms with Crippen LogP contribution in [0.4, 0.5) is 0 Å². The number of methoxy groups -OCH3 is 1. The van der Waals surface area contributed by atoms with E-state index >= 15 is 0 Å².